The van der Waals surface area contributed by atoms with Gasteiger partial charge in [-0.3, -0.25) is 34.3 Å². The van der Waals surface area contributed by atoms with Crippen molar-refractivity contribution in [2.24, 2.45) is 5.92 Å². The molecule has 3 aliphatic heterocycles. The minimum absolute atomic E-state index is 0.00765. The van der Waals surface area contributed by atoms with Crippen LogP contribution in [0.15, 0.2) is 42.5 Å². The van der Waals surface area contributed by atoms with Gasteiger partial charge >= 0.3 is 6.18 Å². The highest BCUT2D eigenvalue weighted by Gasteiger charge is 2.52. The number of piperidine rings is 2. The highest BCUT2D eigenvalue weighted by molar-refractivity contribution is 7.80. The Morgan fingerprint density at radius 2 is 1.68 bits per heavy atom. The molecule has 2 unspecified atom stereocenters. The summed E-state index contributed by atoms with van der Waals surface area (Å²) in [7, 11) is 0. The first-order valence-electron chi connectivity index (χ1n) is 19.9. The second-order valence-corrected chi connectivity index (χ2v) is 16.9. The number of alkyl halides is 3. The first-order valence-corrected chi connectivity index (χ1v) is 20.3. The number of ether oxygens (including phenoxy) is 1. The molecule has 6 rings (SSSR count). The number of thiocarbonyl (C=S) groups is 1. The van der Waals surface area contributed by atoms with Crippen LogP contribution in [0, 0.1) is 17.2 Å². The Bertz CT molecular complexity index is 1900. The lowest BCUT2D eigenvalue weighted by Crippen LogP contribution is -2.51. The Balaban J connectivity index is 0.918. The fourth-order valence-corrected chi connectivity index (χ4v) is 9.72. The number of halogens is 3. The van der Waals surface area contributed by atoms with Gasteiger partial charge in [0, 0.05) is 36.8 Å². The summed E-state index contributed by atoms with van der Waals surface area (Å²) in [6.45, 7) is 8.67. The van der Waals surface area contributed by atoms with Crippen LogP contribution in [0.3, 0.4) is 0 Å². The molecule has 0 radical (unpaired) electrons. The van der Waals surface area contributed by atoms with Crippen molar-refractivity contribution >= 4 is 52.3 Å². The van der Waals surface area contributed by atoms with E-state index in [0.29, 0.717) is 31.1 Å². The van der Waals surface area contributed by atoms with Gasteiger partial charge in [-0.2, -0.15) is 18.4 Å². The van der Waals surface area contributed by atoms with Gasteiger partial charge in [0.05, 0.1) is 41.5 Å². The molecule has 57 heavy (non-hydrogen) atoms. The Morgan fingerprint density at radius 3 is 2.30 bits per heavy atom. The molecular formula is C42H51F3N6O5S. The average Bonchev–Trinajstić information content (AvgIpc) is 3.33. The number of nitriles is 1. The predicted molar refractivity (Wildman–Crippen MR) is 212 cm³/mol. The van der Waals surface area contributed by atoms with Crippen LogP contribution in [0.5, 0.6) is 0 Å². The van der Waals surface area contributed by atoms with Gasteiger partial charge in [-0.1, -0.05) is 12.1 Å². The maximum atomic E-state index is 13.7. The van der Waals surface area contributed by atoms with Gasteiger partial charge in [0.25, 0.3) is 5.91 Å². The van der Waals surface area contributed by atoms with Gasteiger partial charge in [0.1, 0.15) is 5.54 Å². The summed E-state index contributed by atoms with van der Waals surface area (Å²) in [5.74, 6) is -0.918. The summed E-state index contributed by atoms with van der Waals surface area (Å²) >= 11 is 5.75. The fourth-order valence-electron chi connectivity index (χ4n) is 9.15. The van der Waals surface area contributed by atoms with E-state index in [4.69, 9.17) is 17.0 Å². The van der Waals surface area contributed by atoms with Crippen molar-refractivity contribution in [2.75, 3.05) is 23.4 Å². The van der Waals surface area contributed by atoms with Crippen LogP contribution >= 0.6 is 12.2 Å². The van der Waals surface area contributed by atoms with Crippen molar-refractivity contribution in [1.82, 2.24) is 15.1 Å². The summed E-state index contributed by atoms with van der Waals surface area (Å²) in [4.78, 5) is 55.6. The number of carbonyl (C=O) groups excluding carboxylic acids is 4. The molecule has 2 aromatic rings. The Morgan fingerprint density at radius 1 is 1.02 bits per heavy atom. The molecule has 3 heterocycles. The van der Waals surface area contributed by atoms with Crippen molar-refractivity contribution < 1.29 is 37.1 Å². The number of likely N-dealkylation sites (tertiary alicyclic amines) is 1. The first-order chi connectivity index (χ1) is 27.0. The summed E-state index contributed by atoms with van der Waals surface area (Å²) in [6.07, 6.45) is 3.23. The van der Waals surface area contributed by atoms with E-state index in [-0.39, 0.29) is 65.2 Å². The molecule has 4 atom stereocenters. The number of nitrogens with one attached hydrogen (secondary N) is 2. The smallest absolute Gasteiger partial charge is 0.378 e. The zero-order chi connectivity index (χ0) is 41.2. The molecular weight excluding hydrogens is 758 g/mol. The number of rotatable bonds is 11. The van der Waals surface area contributed by atoms with Crippen molar-refractivity contribution in [2.45, 2.75) is 134 Å². The van der Waals surface area contributed by atoms with E-state index in [1.807, 2.05) is 17.0 Å². The fraction of sp³-hybridized carbons (Fsp3) is 0.571. The van der Waals surface area contributed by atoms with Gasteiger partial charge in [-0.05, 0) is 140 Å². The molecule has 1 saturated carbocycles. The minimum Gasteiger partial charge on any atom is -0.378 e. The monoisotopic (exact) mass is 808 g/mol. The van der Waals surface area contributed by atoms with Crippen LogP contribution in [0.2, 0.25) is 0 Å². The van der Waals surface area contributed by atoms with Crippen LogP contribution in [0.1, 0.15) is 115 Å². The maximum absolute atomic E-state index is 13.7. The molecule has 0 aromatic heterocycles. The lowest BCUT2D eigenvalue weighted by atomic mass is 9.82. The number of amides is 4. The number of benzene rings is 2. The van der Waals surface area contributed by atoms with E-state index in [2.05, 4.69) is 29.4 Å². The highest BCUT2D eigenvalue weighted by atomic mass is 32.1. The molecule has 2 N–H and O–H groups in total. The second-order valence-electron chi connectivity index (χ2n) is 16.5. The number of anilines is 2. The third kappa shape index (κ3) is 9.34. The highest BCUT2D eigenvalue weighted by Crippen LogP contribution is 2.42. The predicted octanol–water partition coefficient (Wildman–Crippen LogP) is 7.05. The molecule has 4 aliphatic rings. The molecule has 3 saturated heterocycles. The maximum Gasteiger partial charge on any atom is 0.417 e. The molecule has 4 amide bonds. The zero-order valence-corrected chi connectivity index (χ0v) is 33.7. The van der Waals surface area contributed by atoms with Crippen LogP contribution in [0.4, 0.5) is 24.5 Å². The van der Waals surface area contributed by atoms with Gasteiger partial charge in [0.2, 0.25) is 17.7 Å². The van der Waals surface area contributed by atoms with Crippen molar-refractivity contribution in [3.8, 4) is 6.07 Å². The SMILES string of the molecule is C[C@@H]1CC(OCCC[C@H]2CC[C@H](N3C(=S)N(c4ccc(C#N)c(C(F)(F)F)c4)C(=O)C3(C)C)CC2)C[C@H](C)N1CC(=O)Nc1ccc(C2CCC(=O)NC2=O)cc1. The van der Waals surface area contributed by atoms with Crippen LogP contribution < -0.4 is 15.5 Å². The normalized spacial score (nSPS) is 27.0. The van der Waals surface area contributed by atoms with Crippen molar-refractivity contribution in [1.29, 1.82) is 5.26 Å². The number of hydrogen-bond acceptors (Lipinski definition) is 8. The van der Waals surface area contributed by atoms with Crippen molar-refractivity contribution in [3.05, 3.63) is 59.2 Å². The summed E-state index contributed by atoms with van der Waals surface area (Å²) in [6, 6.07) is 12.4. The van der Waals surface area contributed by atoms with Gasteiger partial charge in [-0.25, -0.2) is 0 Å². The summed E-state index contributed by atoms with van der Waals surface area (Å²) in [5, 5.41) is 14.8. The molecule has 0 bridgehead atoms. The van der Waals surface area contributed by atoms with E-state index in [1.165, 1.54) is 11.0 Å². The van der Waals surface area contributed by atoms with E-state index >= 15 is 0 Å². The molecule has 4 fully saturated rings. The third-order valence-electron chi connectivity index (χ3n) is 12.2. The van der Waals surface area contributed by atoms with Crippen LogP contribution in [0.25, 0.3) is 0 Å². The zero-order valence-electron chi connectivity index (χ0n) is 32.9. The van der Waals surface area contributed by atoms with E-state index in [1.54, 1.807) is 32.0 Å². The van der Waals surface area contributed by atoms with Crippen LogP contribution in [-0.2, 0) is 30.1 Å². The lowest BCUT2D eigenvalue weighted by molar-refractivity contribution is -0.138. The number of carbonyl (C=O) groups is 4. The summed E-state index contributed by atoms with van der Waals surface area (Å²) < 4.78 is 47.5. The molecule has 2 aromatic carbocycles. The first kappa shape index (κ1) is 42.2. The largest absolute Gasteiger partial charge is 0.417 e. The molecule has 1 aliphatic carbocycles. The van der Waals surface area contributed by atoms with E-state index in [9.17, 15) is 37.6 Å². The van der Waals surface area contributed by atoms with Gasteiger partial charge < -0.3 is 15.0 Å². The Kier molecular flexibility index (Phi) is 12.8. The van der Waals surface area contributed by atoms with E-state index < -0.39 is 28.7 Å². The quantitative estimate of drug-likeness (QED) is 0.139. The van der Waals surface area contributed by atoms with Gasteiger partial charge in [0.15, 0.2) is 5.11 Å². The molecule has 0 spiro atoms. The number of imide groups is 1. The summed E-state index contributed by atoms with van der Waals surface area (Å²) in [5.41, 5.74) is -1.16. The standard InChI is InChI=1S/C42H51F3N6O5S/c1-25-20-33(21-26(2)49(25)24-37(53)47-30-12-9-28(10-13-30)34-17-18-36(52)48-38(34)54)56-19-5-6-27-7-14-31(15-8-27)51-40(57)50(39(55)41(51,3)4)32-16-11-29(23-46)35(22-32)42(43,44)45/h9-13,16,22,25-27,31,33-34H,5-8,14-15,17-21,24H2,1-4H3,(H,47,53)(H,48,52,54)/t25-,26+,27-,31-,33?,34?. The minimum atomic E-state index is -4.75. The third-order valence-corrected chi connectivity index (χ3v) is 12.6. The van der Waals surface area contributed by atoms with E-state index in [0.717, 1.165) is 69.1 Å². The molecule has 11 nitrogen and oxygen atoms in total. The Labute approximate surface area is 337 Å². The Hall–Kier alpha value is -4.39. The second kappa shape index (κ2) is 17.2. The van der Waals surface area contributed by atoms with Crippen LogP contribution in [-0.4, -0.2) is 81.5 Å². The average molecular weight is 809 g/mol. The number of hydrogen-bond donors (Lipinski definition) is 2. The topological polar surface area (TPSA) is 135 Å². The number of nitrogens with zero attached hydrogens (tertiary/aromatic N) is 4. The molecule has 15 heteroatoms. The lowest BCUT2D eigenvalue weighted by Gasteiger charge is -2.42. The van der Waals surface area contributed by atoms with Crippen molar-refractivity contribution in [3.63, 3.8) is 0 Å². The van der Waals surface area contributed by atoms with Gasteiger partial charge in [-0.15, -0.1) is 0 Å². The molecule has 306 valence electrons.